The molecule has 1 N–H and O–H groups in total. The van der Waals surface area contributed by atoms with Gasteiger partial charge in [0, 0.05) is 22.7 Å². The van der Waals surface area contributed by atoms with Crippen LogP contribution in [0.2, 0.25) is 5.02 Å². The van der Waals surface area contributed by atoms with Crippen molar-refractivity contribution in [2.75, 3.05) is 0 Å². The van der Waals surface area contributed by atoms with Crippen molar-refractivity contribution in [1.29, 1.82) is 0 Å². The van der Waals surface area contributed by atoms with Gasteiger partial charge in [0.1, 0.15) is 11.3 Å². The minimum Gasteiger partial charge on any atom is -0.506 e. The lowest BCUT2D eigenvalue weighted by Gasteiger charge is -2.02. The van der Waals surface area contributed by atoms with Gasteiger partial charge in [-0.1, -0.05) is 11.6 Å². The predicted molar refractivity (Wildman–Crippen MR) is 85.7 cm³/mol. The van der Waals surface area contributed by atoms with Crippen molar-refractivity contribution in [2.24, 2.45) is 10.2 Å². The molecular weight excluding hydrogens is 320 g/mol. The molecule has 2 aromatic carbocycles. The number of hydrogen-bond donors (Lipinski definition) is 1. The maximum absolute atomic E-state index is 11.0. The van der Waals surface area contributed by atoms with E-state index >= 15 is 0 Å². The van der Waals surface area contributed by atoms with Gasteiger partial charge in [-0.05, 0) is 36.4 Å². The van der Waals surface area contributed by atoms with E-state index in [0.29, 0.717) is 16.6 Å². The number of hydrogen-bond acceptors (Lipinski definition) is 6. The van der Waals surface area contributed by atoms with E-state index in [1.54, 1.807) is 24.4 Å². The fraction of sp³-hybridized carbons (Fsp3) is 0. The summed E-state index contributed by atoms with van der Waals surface area (Å²) in [4.78, 5) is 14.5. The molecule has 0 saturated carbocycles. The molecule has 8 heteroatoms. The standard InChI is InChI=1S/C15H9ClN4O3/c16-9-3-4-12(13(8-9)20(22)23)19-18-11-5-6-14(21)15-10(11)2-1-7-17-15/h1-8,21H. The zero-order chi connectivity index (χ0) is 16.4. The molecule has 3 aromatic rings. The van der Waals surface area contributed by atoms with Crippen molar-refractivity contribution < 1.29 is 10.0 Å². The molecule has 0 saturated heterocycles. The lowest BCUT2D eigenvalue weighted by Crippen LogP contribution is -1.87. The van der Waals surface area contributed by atoms with Gasteiger partial charge in [0.05, 0.1) is 10.6 Å². The molecule has 114 valence electrons. The largest absolute Gasteiger partial charge is 0.506 e. The first kappa shape index (κ1) is 14.9. The van der Waals surface area contributed by atoms with Crippen molar-refractivity contribution >= 4 is 39.6 Å². The van der Waals surface area contributed by atoms with E-state index in [2.05, 4.69) is 15.2 Å². The topological polar surface area (TPSA) is 101 Å². The van der Waals surface area contributed by atoms with Gasteiger partial charge in [-0.3, -0.25) is 15.1 Å². The number of pyridine rings is 1. The van der Waals surface area contributed by atoms with Gasteiger partial charge in [0.15, 0.2) is 5.69 Å². The highest BCUT2D eigenvalue weighted by molar-refractivity contribution is 6.30. The van der Waals surface area contributed by atoms with Crippen molar-refractivity contribution in [3.05, 3.63) is 63.8 Å². The number of aromatic nitrogens is 1. The van der Waals surface area contributed by atoms with Gasteiger partial charge in [-0.25, -0.2) is 0 Å². The Balaban J connectivity index is 2.08. The number of phenols is 1. The Morgan fingerprint density at radius 3 is 2.65 bits per heavy atom. The van der Waals surface area contributed by atoms with E-state index < -0.39 is 4.92 Å². The van der Waals surface area contributed by atoms with Crippen LogP contribution >= 0.6 is 11.6 Å². The number of phenolic OH excluding ortho intramolecular Hbond substituents is 1. The second kappa shape index (κ2) is 5.98. The van der Waals surface area contributed by atoms with E-state index in [1.165, 1.54) is 24.3 Å². The molecule has 3 rings (SSSR count). The lowest BCUT2D eigenvalue weighted by molar-refractivity contribution is -0.384. The van der Waals surface area contributed by atoms with Crippen molar-refractivity contribution in [2.45, 2.75) is 0 Å². The molecule has 0 aliphatic rings. The van der Waals surface area contributed by atoms with Crippen molar-refractivity contribution in [3.63, 3.8) is 0 Å². The highest BCUT2D eigenvalue weighted by atomic mass is 35.5. The molecule has 1 heterocycles. The van der Waals surface area contributed by atoms with Crippen molar-refractivity contribution in [3.8, 4) is 5.75 Å². The first-order chi connectivity index (χ1) is 11.1. The average molecular weight is 329 g/mol. The van der Waals surface area contributed by atoms with Gasteiger partial charge in [-0.15, -0.1) is 10.2 Å². The number of nitro benzene ring substituents is 1. The summed E-state index contributed by atoms with van der Waals surface area (Å²) in [6.07, 6.45) is 1.55. The third-order valence-electron chi connectivity index (χ3n) is 3.12. The van der Waals surface area contributed by atoms with E-state index in [1.807, 2.05) is 0 Å². The summed E-state index contributed by atoms with van der Waals surface area (Å²) in [7, 11) is 0. The molecule has 0 aliphatic heterocycles. The van der Waals surface area contributed by atoms with Gasteiger partial charge < -0.3 is 5.11 Å². The Kier molecular flexibility index (Phi) is 3.86. The number of fused-ring (bicyclic) bond motifs is 1. The number of nitrogens with zero attached hydrogens (tertiary/aromatic N) is 4. The Morgan fingerprint density at radius 1 is 1.13 bits per heavy atom. The van der Waals surface area contributed by atoms with E-state index in [4.69, 9.17) is 11.6 Å². The smallest absolute Gasteiger partial charge is 0.298 e. The first-order valence-electron chi connectivity index (χ1n) is 6.48. The molecular formula is C15H9ClN4O3. The van der Waals surface area contributed by atoms with Crippen LogP contribution in [-0.2, 0) is 0 Å². The third-order valence-corrected chi connectivity index (χ3v) is 3.36. The highest BCUT2D eigenvalue weighted by Gasteiger charge is 2.14. The number of rotatable bonds is 3. The van der Waals surface area contributed by atoms with E-state index in [-0.39, 0.29) is 22.1 Å². The molecule has 0 amide bonds. The molecule has 0 spiro atoms. The molecule has 0 radical (unpaired) electrons. The Hall–Kier alpha value is -3.06. The van der Waals surface area contributed by atoms with Crippen LogP contribution in [0, 0.1) is 10.1 Å². The van der Waals surface area contributed by atoms with Crippen LogP contribution in [0.15, 0.2) is 58.9 Å². The molecule has 0 atom stereocenters. The van der Waals surface area contributed by atoms with E-state index in [9.17, 15) is 15.2 Å². The second-order valence-electron chi connectivity index (χ2n) is 4.59. The van der Waals surface area contributed by atoms with Gasteiger partial charge in [-0.2, -0.15) is 0 Å². The second-order valence-corrected chi connectivity index (χ2v) is 5.03. The molecule has 0 fully saturated rings. The summed E-state index contributed by atoms with van der Waals surface area (Å²) in [5, 5.41) is 29.6. The summed E-state index contributed by atoms with van der Waals surface area (Å²) in [6, 6.07) is 10.6. The van der Waals surface area contributed by atoms with Gasteiger partial charge in [0.2, 0.25) is 0 Å². The summed E-state index contributed by atoms with van der Waals surface area (Å²) in [6.45, 7) is 0. The van der Waals surface area contributed by atoms with Crippen LogP contribution < -0.4 is 0 Å². The minimum absolute atomic E-state index is 0.0250. The summed E-state index contributed by atoms with van der Waals surface area (Å²) < 4.78 is 0. The minimum atomic E-state index is -0.573. The van der Waals surface area contributed by atoms with E-state index in [0.717, 1.165) is 0 Å². The quantitative estimate of drug-likeness (QED) is 0.419. The predicted octanol–water partition coefficient (Wildman–Crippen LogP) is 4.92. The molecule has 23 heavy (non-hydrogen) atoms. The number of azo groups is 1. The Labute approximate surface area is 135 Å². The average Bonchev–Trinajstić information content (AvgIpc) is 2.55. The molecule has 1 aromatic heterocycles. The van der Waals surface area contributed by atoms with Crippen LogP contribution in [0.25, 0.3) is 10.9 Å². The Morgan fingerprint density at radius 2 is 1.87 bits per heavy atom. The molecule has 7 nitrogen and oxygen atoms in total. The lowest BCUT2D eigenvalue weighted by atomic mass is 10.2. The number of benzene rings is 2. The summed E-state index contributed by atoms with van der Waals surface area (Å²) in [5.74, 6) is 0.0250. The van der Waals surface area contributed by atoms with Gasteiger partial charge in [0.25, 0.3) is 5.69 Å². The monoisotopic (exact) mass is 328 g/mol. The van der Waals surface area contributed by atoms with Crippen LogP contribution in [0.5, 0.6) is 5.75 Å². The number of halogens is 1. The highest BCUT2D eigenvalue weighted by Crippen LogP contribution is 2.34. The maximum atomic E-state index is 11.0. The number of aromatic hydroxyl groups is 1. The van der Waals surface area contributed by atoms with Crippen LogP contribution in [-0.4, -0.2) is 15.0 Å². The first-order valence-corrected chi connectivity index (χ1v) is 6.86. The van der Waals surface area contributed by atoms with Crippen LogP contribution in [0.1, 0.15) is 0 Å². The van der Waals surface area contributed by atoms with Crippen molar-refractivity contribution in [1.82, 2.24) is 4.98 Å². The zero-order valence-electron chi connectivity index (χ0n) is 11.5. The summed E-state index contributed by atoms with van der Waals surface area (Å²) >= 11 is 5.76. The maximum Gasteiger partial charge on any atom is 0.298 e. The fourth-order valence-electron chi connectivity index (χ4n) is 2.07. The van der Waals surface area contributed by atoms with Crippen LogP contribution in [0.3, 0.4) is 0 Å². The summed E-state index contributed by atoms with van der Waals surface area (Å²) in [5.41, 5.74) is 0.677. The van der Waals surface area contributed by atoms with Gasteiger partial charge >= 0.3 is 0 Å². The third kappa shape index (κ3) is 2.95. The van der Waals surface area contributed by atoms with Crippen LogP contribution in [0.4, 0.5) is 17.1 Å². The normalized spacial score (nSPS) is 11.2. The molecule has 0 aliphatic carbocycles. The zero-order valence-corrected chi connectivity index (χ0v) is 12.3. The molecule has 0 unspecified atom stereocenters. The SMILES string of the molecule is O=[N+]([O-])c1cc(Cl)ccc1N=Nc1ccc(O)c2ncccc12. The fourth-order valence-corrected chi connectivity index (χ4v) is 2.23. The molecule has 0 bridgehead atoms. The Bertz CT molecular complexity index is 943. The number of nitro groups is 1.